The van der Waals surface area contributed by atoms with Gasteiger partial charge in [-0.2, -0.15) is 4.37 Å². The Kier molecular flexibility index (Phi) is 7.55. The van der Waals surface area contributed by atoms with Gasteiger partial charge in [-0.05, 0) is 43.2 Å². The molecule has 152 valence electrons. The van der Waals surface area contributed by atoms with Crippen molar-refractivity contribution in [3.63, 3.8) is 0 Å². The molecule has 8 heteroatoms. The summed E-state index contributed by atoms with van der Waals surface area (Å²) in [7, 11) is 0. The maximum absolute atomic E-state index is 12.2. The van der Waals surface area contributed by atoms with E-state index >= 15 is 0 Å². The normalized spacial score (nSPS) is 10.9. The maximum atomic E-state index is 12.2. The molecule has 0 fully saturated rings. The number of aromatic nitrogens is 3. The largest absolute Gasteiger partial charge is 0.352 e. The van der Waals surface area contributed by atoms with Gasteiger partial charge in [0.05, 0.1) is 0 Å². The van der Waals surface area contributed by atoms with Gasteiger partial charge in [0.25, 0.3) is 0 Å². The molecule has 0 bridgehead atoms. The lowest BCUT2D eigenvalue weighted by atomic mass is 10.1. The fourth-order valence-electron chi connectivity index (χ4n) is 2.81. The molecule has 0 unspecified atom stereocenters. The van der Waals surface area contributed by atoms with Gasteiger partial charge in [-0.25, -0.2) is 4.98 Å². The van der Waals surface area contributed by atoms with Gasteiger partial charge in [-0.3, -0.25) is 9.78 Å². The minimum atomic E-state index is 0.00501. The lowest BCUT2D eigenvalue weighted by molar-refractivity contribution is -0.121. The highest BCUT2D eigenvalue weighted by Gasteiger charge is 2.17. The average Bonchev–Trinajstić information content (AvgIpc) is 3.17. The van der Waals surface area contributed by atoms with E-state index in [1.54, 1.807) is 12.4 Å². The molecule has 0 saturated heterocycles. The van der Waals surface area contributed by atoms with Gasteiger partial charge in [0.1, 0.15) is 5.82 Å². The monoisotopic (exact) mass is 429 g/mol. The Balaban J connectivity index is 1.54. The first-order valence-corrected chi connectivity index (χ1v) is 10.7. The van der Waals surface area contributed by atoms with Crippen LogP contribution in [0.2, 0.25) is 5.02 Å². The molecule has 0 aliphatic carbocycles. The average molecular weight is 430 g/mol. The van der Waals surface area contributed by atoms with Gasteiger partial charge in [0.2, 0.25) is 11.0 Å². The number of hydrogen-bond donors (Lipinski definition) is 1. The first kappa shape index (κ1) is 21.2. The molecule has 0 aliphatic heterocycles. The van der Waals surface area contributed by atoms with Crippen LogP contribution in [0.25, 0.3) is 0 Å². The molecule has 6 nitrogen and oxygen atoms in total. The third kappa shape index (κ3) is 6.51. The number of anilines is 1. The predicted octanol–water partition coefficient (Wildman–Crippen LogP) is 4.10. The number of benzene rings is 1. The minimum Gasteiger partial charge on any atom is -0.352 e. The number of nitrogens with zero attached hydrogens (tertiary/aromatic N) is 4. The molecule has 0 atom stereocenters. The Hall–Kier alpha value is -2.51. The number of pyridine rings is 1. The summed E-state index contributed by atoms with van der Waals surface area (Å²) >= 11 is 7.31. The Bertz CT molecular complexity index is 914. The van der Waals surface area contributed by atoms with Gasteiger partial charge in [0, 0.05) is 60.9 Å². The zero-order chi connectivity index (χ0) is 20.6. The number of amides is 1. The van der Waals surface area contributed by atoms with Gasteiger partial charge >= 0.3 is 0 Å². The van der Waals surface area contributed by atoms with Crippen molar-refractivity contribution in [1.82, 2.24) is 19.7 Å². The molecular formula is C21H24ClN5OS. The molecular weight excluding hydrogens is 406 g/mol. The Labute approximate surface area is 180 Å². The molecule has 0 aliphatic rings. The molecule has 0 spiro atoms. The number of rotatable bonds is 9. The van der Waals surface area contributed by atoms with Crippen LogP contribution in [-0.2, 0) is 17.8 Å². The van der Waals surface area contributed by atoms with E-state index in [1.807, 2.05) is 36.4 Å². The van der Waals surface area contributed by atoms with Crippen LogP contribution in [0.1, 0.15) is 37.2 Å². The predicted molar refractivity (Wildman–Crippen MR) is 117 cm³/mol. The van der Waals surface area contributed by atoms with Crippen LogP contribution in [0.5, 0.6) is 0 Å². The molecule has 0 radical (unpaired) electrons. The van der Waals surface area contributed by atoms with Crippen molar-refractivity contribution in [1.29, 1.82) is 0 Å². The van der Waals surface area contributed by atoms with Crippen LogP contribution < -0.4 is 10.2 Å². The SMILES string of the molecule is CC(C)N(CCC(=O)NCc1cccnc1)c1nc(Cc2ccc(Cl)cc2)ns1. The van der Waals surface area contributed by atoms with E-state index in [-0.39, 0.29) is 11.9 Å². The van der Waals surface area contributed by atoms with Gasteiger partial charge < -0.3 is 10.2 Å². The number of carbonyl (C=O) groups excluding carboxylic acids is 1. The summed E-state index contributed by atoms with van der Waals surface area (Å²) in [4.78, 5) is 23.1. The van der Waals surface area contributed by atoms with Crippen molar-refractivity contribution < 1.29 is 4.79 Å². The van der Waals surface area contributed by atoms with Gasteiger partial charge in [-0.15, -0.1) is 0 Å². The summed E-state index contributed by atoms with van der Waals surface area (Å²) < 4.78 is 4.49. The molecule has 1 aromatic carbocycles. The fraction of sp³-hybridized carbons (Fsp3) is 0.333. The zero-order valence-electron chi connectivity index (χ0n) is 16.5. The Morgan fingerprint density at radius 3 is 2.69 bits per heavy atom. The number of carbonyl (C=O) groups is 1. The first-order valence-electron chi connectivity index (χ1n) is 9.50. The molecule has 3 rings (SSSR count). The number of hydrogen-bond acceptors (Lipinski definition) is 6. The summed E-state index contributed by atoms with van der Waals surface area (Å²) in [5.74, 6) is 0.782. The van der Waals surface area contributed by atoms with E-state index in [0.29, 0.717) is 31.0 Å². The zero-order valence-corrected chi connectivity index (χ0v) is 18.1. The Morgan fingerprint density at radius 2 is 2.00 bits per heavy atom. The molecule has 29 heavy (non-hydrogen) atoms. The lowest BCUT2D eigenvalue weighted by Crippen LogP contribution is -2.35. The van der Waals surface area contributed by atoms with Crippen LogP contribution in [0.4, 0.5) is 5.13 Å². The summed E-state index contributed by atoms with van der Waals surface area (Å²) in [5.41, 5.74) is 2.10. The molecule has 0 saturated carbocycles. The minimum absolute atomic E-state index is 0.00501. The first-order chi connectivity index (χ1) is 14.0. The van der Waals surface area contributed by atoms with E-state index in [9.17, 15) is 4.79 Å². The molecule has 2 heterocycles. The van der Waals surface area contributed by atoms with Crippen LogP contribution in [0.15, 0.2) is 48.8 Å². The highest BCUT2D eigenvalue weighted by Crippen LogP contribution is 2.22. The van der Waals surface area contributed by atoms with E-state index in [1.165, 1.54) is 11.5 Å². The van der Waals surface area contributed by atoms with Crippen LogP contribution in [0, 0.1) is 0 Å². The third-order valence-electron chi connectivity index (χ3n) is 4.39. The van der Waals surface area contributed by atoms with Crippen molar-refractivity contribution >= 4 is 34.2 Å². The van der Waals surface area contributed by atoms with Crippen molar-refractivity contribution in [3.05, 3.63) is 70.8 Å². The number of nitrogens with one attached hydrogen (secondary N) is 1. The van der Waals surface area contributed by atoms with Crippen molar-refractivity contribution in [3.8, 4) is 0 Å². The van der Waals surface area contributed by atoms with E-state index in [2.05, 4.69) is 38.4 Å². The highest BCUT2D eigenvalue weighted by atomic mass is 35.5. The summed E-state index contributed by atoms with van der Waals surface area (Å²) in [6.45, 7) is 5.26. The molecule has 1 amide bonds. The summed E-state index contributed by atoms with van der Waals surface area (Å²) in [6.07, 6.45) is 4.52. The quantitative estimate of drug-likeness (QED) is 0.554. The van der Waals surface area contributed by atoms with Crippen molar-refractivity contribution in [2.24, 2.45) is 0 Å². The topological polar surface area (TPSA) is 71.0 Å². The lowest BCUT2D eigenvalue weighted by Gasteiger charge is -2.25. The molecule has 3 aromatic rings. The molecule has 2 aromatic heterocycles. The van der Waals surface area contributed by atoms with Gasteiger partial charge in [0.15, 0.2) is 0 Å². The van der Waals surface area contributed by atoms with Crippen molar-refractivity contribution in [2.75, 3.05) is 11.4 Å². The fourth-order valence-corrected chi connectivity index (χ4v) is 3.78. The van der Waals surface area contributed by atoms with Crippen LogP contribution in [0.3, 0.4) is 0 Å². The molecule has 1 N–H and O–H groups in total. The number of halogens is 1. The van der Waals surface area contributed by atoms with E-state index in [0.717, 1.165) is 22.1 Å². The second-order valence-electron chi connectivity index (χ2n) is 6.97. The van der Waals surface area contributed by atoms with Crippen molar-refractivity contribution in [2.45, 2.75) is 39.3 Å². The third-order valence-corrected chi connectivity index (χ3v) is 5.44. The highest BCUT2D eigenvalue weighted by molar-refractivity contribution is 7.09. The maximum Gasteiger partial charge on any atom is 0.222 e. The second kappa shape index (κ2) is 10.3. The smallest absolute Gasteiger partial charge is 0.222 e. The van der Waals surface area contributed by atoms with Crippen LogP contribution >= 0.6 is 23.1 Å². The van der Waals surface area contributed by atoms with Gasteiger partial charge in [-0.1, -0.05) is 29.8 Å². The Morgan fingerprint density at radius 1 is 1.21 bits per heavy atom. The van der Waals surface area contributed by atoms with E-state index < -0.39 is 0 Å². The van der Waals surface area contributed by atoms with Crippen LogP contribution in [-0.4, -0.2) is 32.8 Å². The second-order valence-corrected chi connectivity index (χ2v) is 8.14. The summed E-state index contributed by atoms with van der Waals surface area (Å²) in [5, 5.41) is 4.49. The standard InChI is InChI=1S/C21H24ClN5OS/c1-15(2)27(11-9-20(28)24-14-17-4-3-10-23-13-17)21-25-19(26-29-21)12-16-5-7-18(22)8-6-16/h3-8,10,13,15H,9,11-12,14H2,1-2H3,(H,24,28). The summed E-state index contributed by atoms with van der Waals surface area (Å²) in [6, 6.07) is 11.7. The van der Waals surface area contributed by atoms with E-state index in [4.69, 9.17) is 11.6 Å².